The number of rotatable bonds is 3. The van der Waals surface area contributed by atoms with Crippen molar-refractivity contribution in [2.75, 3.05) is 31.1 Å². The highest BCUT2D eigenvalue weighted by molar-refractivity contribution is 5.90. The minimum atomic E-state index is -0.574. The highest BCUT2D eigenvalue weighted by Gasteiger charge is 2.42. The first-order valence-electron chi connectivity index (χ1n) is 9.07. The zero-order valence-electron chi connectivity index (χ0n) is 14.3. The Morgan fingerprint density at radius 1 is 1.00 bits per heavy atom. The first-order valence-corrected chi connectivity index (χ1v) is 9.07. The number of nitrogens with zero attached hydrogens (tertiary/aromatic N) is 5. The van der Waals surface area contributed by atoms with E-state index in [9.17, 15) is 9.59 Å². The van der Waals surface area contributed by atoms with Gasteiger partial charge in [0, 0.05) is 26.2 Å². The van der Waals surface area contributed by atoms with E-state index in [1.165, 1.54) is 12.6 Å². The predicted molar refractivity (Wildman–Crippen MR) is 92.2 cm³/mol. The van der Waals surface area contributed by atoms with Crippen LogP contribution in [0, 0.1) is 0 Å². The summed E-state index contributed by atoms with van der Waals surface area (Å²) in [6, 6.07) is 0.808. The molecule has 2 atom stereocenters. The van der Waals surface area contributed by atoms with Crippen molar-refractivity contribution in [3.05, 3.63) is 18.1 Å². The number of nitrogens with two attached hydrogens (primary N) is 1. The van der Waals surface area contributed by atoms with Crippen LogP contribution in [0.1, 0.15) is 42.6 Å². The van der Waals surface area contributed by atoms with Crippen molar-refractivity contribution in [3.63, 3.8) is 0 Å². The summed E-state index contributed by atoms with van der Waals surface area (Å²) in [4.78, 5) is 38.6. The van der Waals surface area contributed by atoms with Gasteiger partial charge in [0.25, 0.3) is 5.91 Å². The zero-order chi connectivity index (χ0) is 17.4. The standard InChI is InChI=1S/C17H24N6O2/c18-16(24)14-8-20-15(9-19-14)21-6-3-5-12(10-21)23-11-13-4-1-2-7-22(13)17(23)25/h8-9,12-13H,1-7,10-11H2,(H2,18,24). The molecule has 0 aromatic carbocycles. The molecule has 134 valence electrons. The largest absolute Gasteiger partial charge is 0.364 e. The van der Waals surface area contributed by atoms with Gasteiger partial charge in [0.15, 0.2) is 0 Å². The van der Waals surface area contributed by atoms with E-state index < -0.39 is 5.91 Å². The van der Waals surface area contributed by atoms with Gasteiger partial charge in [-0.1, -0.05) is 0 Å². The molecule has 0 saturated carbocycles. The number of urea groups is 1. The molecule has 0 bridgehead atoms. The third-order valence-corrected chi connectivity index (χ3v) is 5.58. The summed E-state index contributed by atoms with van der Waals surface area (Å²) in [7, 11) is 0. The second kappa shape index (κ2) is 6.50. The van der Waals surface area contributed by atoms with Gasteiger partial charge < -0.3 is 20.4 Å². The SMILES string of the molecule is NC(=O)c1cnc(N2CCCC(N3CC4CCCCN4C3=O)C2)cn1. The van der Waals surface area contributed by atoms with Crippen LogP contribution in [-0.2, 0) is 0 Å². The molecule has 3 fully saturated rings. The van der Waals surface area contributed by atoms with E-state index in [1.807, 2.05) is 0 Å². The number of fused-ring (bicyclic) bond motifs is 1. The lowest BCUT2D eigenvalue weighted by atomic mass is 10.0. The Labute approximate surface area is 147 Å². The van der Waals surface area contributed by atoms with Gasteiger partial charge in [0.1, 0.15) is 11.5 Å². The number of hydrogen-bond donors (Lipinski definition) is 1. The fourth-order valence-corrected chi connectivity index (χ4v) is 4.25. The zero-order valence-corrected chi connectivity index (χ0v) is 14.3. The first-order chi connectivity index (χ1) is 12.1. The van der Waals surface area contributed by atoms with E-state index in [0.717, 1.165) is 57.7 Å². The summed E-state index contributed by atoms with van der Waals surface area (Å²) in [5.41, 5.74) is 5.39. The quantitative estimate of drug-likeness (QED) is 0.876. The normalized spacial score (nSPS) is 26.7. The summed E-state index contributed by atoms with van der Waals surface area (Å²) in [6.45, 7) is 3.40. The Morgan fingerprint density at radius 2 is 1.80 bits per heavy atom. The molecule has 8 nitrogen and oxygen atoms in total. The lowest BCUT2D eigenvalue weighted by Gasteiger charge is -2.37. The Bertz CT molecular complexity index is 664. The third-order valence-electron chi connectivity index (χ3n) is 5.58. The van der Waals surface area contributed by atoms with Crippen LogP contribution in [0.25, 0.3) is 0 Å². The molecular weight excluding hydrogens is 320 g/mol. The Balaban J connectivity index is 1.46. The summed E-state index contributed by atoms with van der Waals surface area (Å²) in [5.74, 6) is 0.161. The summed E-state index contributed by atoms with van der Waals surface area (Å²) in [5, 5.41) is 0. The molecule has 8 heteroatoms. The molecule has 3 saturated heterocycles. The maximum atomic E-state index is 12.8. The molecule has 4 heterocycles. The number of amides is 3. The minimum absolute atomic E-state index is 0.170. The molecule has 25 heavy (non-hydrogen) atoms. The Morgan fingerprint density at radius 3 is 2.52 bits per heavy atom. The molecule has 1 aromatic rings. The van der Waals surface area contributed by atoms with Gasteiger partial charge in [-0.15, -0.1) is 0 Å². The van der Waals surface area contributed by atoms with E-state index >= 15 is 0 Å². The van der Waals surface area contributed by atoms with Gasteiger partial charge in [-0.2, -0.15) is 0 Å². The van der Waals surface area contributed by atoms with E-state index in [0.29, 0.717) is 6.04 Å². The molecular formula is C17H24N6O2. The molecule has 2 unspecified atom stereocenters. The van der Waals surface area contributed by atoms with Crippen molar-refractivity contribution in [3.8, 4) is 0 Å². The second-order valence-corrected chi connectivity index (χ2v) is 7.14. The number of aromatic nitrogens is 2. The minimum Gasteiger partial charge on any atom is -0.364 e. The maximum absolute atomic E-state index is 12.8. The van der Waals surface area contributed by atoms with Crippen LogP contribution in [0.3, 0.4) is 0 Å². The molecule has 0 radical (unpaired) electrons. The van der Waals surface area contributed by atoms with Crippen LogP contribution < -0.4 is 10.6 Å². The molecule has 1 aromatic heterocycles. The van der Waals surface area contributed by atoms with Crippen molar-refractivity contribution in [1.29, 1.82) is 0 Å². The van der Waals surface area contributed by atoms with E-state index in [-0.39, 0.29) is 17.8 Å². The molecule has 3 aliphatic heterocycles. The van der Waals surface area contributed by atoms with Crippen LogP contribution in [0.15, 0.2) is 12.4 Å². The van der Waals surface area contributed by atoms with Crippen molar-refractivity contribution in [2.45, 2.75) is 44.2 Å². The predicted octanol–water partition coefficient (Wildman–Crippen LogP) is 0.834. The monoisotopic (exact) mass is 344 g/mol. The number of carbonyl (C=O) groups is 2. The van der Waals surface area contributed by atoms with Crippen molar-refractivity contribution >= 4 is 17.8 Å². The highest BCUT2D eigenvalue weighted by Crippen LogP contribution is 2.30. The summed E-state index contributed by atoms with van der Waals surface area (Å²) in [6.07, 6.45) is 8.52. The molecule has 0 aliphatic carbocycles. The molecule has 4 rings (SSSR count). The number of anilines is 1. The topological polar surface area (TPSA) is 95.7 Å². The smallest absolute Gasteiger partial charge is 0.320 e. The number of hydrogen-bond acceptors (Lipinski definition) is 5. The van der Waals surface area contributed by atoms with Gasteiger partial charge in [0.2, 0.25) is 0 Å². The van der Waals surface area contributed by atoms with Crippen LogP contribution in [0.2, 0.25) is 0 Å². The van der Waals surface area contributed by atoms with Crippen LogP contribution in [0.4, 0.5) is 10.6 Å². The van der Waals surface area contributed by atoms with E-state index in [4.69, 9.17) is 5.73 Å². The number of primary amides is 1. The van der Waals surface area contributed by atoms with E-state index in [2.05, 4.69) is 24.7 Å². The van der Waals surface area contributed by atoms with Crippen molar-refractivity contribution < 1.29 is 9.59 Å². The first kappa shape index (κ1) is 16.1. The lowest BCUT2D eigenvalue weighted by Crippen LogP contribution is -2.49. The number of carbonyl (C=O) groups excluding carboxylic acids is 2. The van der Waals surface area contributed by atoms with Crippen molar-refractivity contribution in [2.24, 2.45) is 5.73 Å². The van der Waals surface area contributed by atoms with Gasteiger partial charge in [-0.3, -0.25) is 4.79 Å². The molecule has 0 spiro atoms. The lowest BCUT2D eigenvalue weighted by molar-refractivity contribution is 0.0995. The summed E-state index contributed by atoms with van der Waals surface area (Å²) >= 11 is 0. The van der Waals surface area contributed by atoms with E-state index in [1.54, 1.807) is 6.20 Å². The third kappa shape index (κ3) is 3.01. The van der Waals surface area contributed by atoms with Crippen LogP contribution in [-0.4, -0.2) is 70.0 Å². The number of piperidine rings is 2. The highest BCUT2D eigenvalue weighted by atomic mass is 16.2. The van der Waals surface area contributed by atoms with Gasteiger partial charge in [0.05, 0.1) is 24.5 Å². The fourth-order valence-electron chi connectivity index (χ4n) is 4.25. The fraction of sp³-hybridized carbons (Fsp3) is 0.647. The molecule has 2 N–H and O–H groups in total. The Kier molecular flexibility index (Phi) is 4.19. The molecule has 3 amide bonds. The average molecular weight is 344 g/mol. The van der Waals surface area contributed by atoms with Gasteiger partial charge in [-0.05, 0) is 32.1 Å². The van der Waals surface area contributed by atoms with Gasteiger partial charge >= 0.3 is 6.03 Å². The second-order valence-electron chi connectivity index (χ2n) is 7.14. The Hall–Kier alpha value is -2.38. The molecule has 3 aliphatic rings. The van der Waals surface area contributed by atoms with Crippen molar-refractivity contribution in [1.82, 2.24) is 19.8 Å². The van der Waals surface area contributed by atoms with Gasteiger partial charge in [-0.25, -0.2) is 14.8 Å². The maximum Gasteiger partial charge on any atom is 0.320 e. The summed E-state index contributed by atoms with van der Waals surface area (Å²) < 4.78 is 0. The van der Waals surface area contributed by atoms with Crippen LogP contribution in [0.5, 0.6) is 0 Å². The van der Waals surface area contributed by atoms with Crippen LogP contribution >= 0.6 is 0 Å². The average Bonchev–Trinajstić information content (AvgIpc) is 2.99.